The Kier molecular flexibility index (Phi) is 3.85. The molecule has 1 unspecified atom stereocenters. The van der Waals surface area contributed by atoms with Crippen LogP contribution in [0.4, 0.5) is 0 Å². The Morgan fingerprint density at radius 2 is 2.21 bits per heavy atom. The van der Waals surface area contributed by atoms with E-state index >= 15 is 0 Å². The predicted octanol–water partition coefficient (Wildman–Crippen LogP) is 2.58. The quantitative estimate of drug-likeness (QED) is 0.904. The first-order chi connectivity index (χ1) is 9.32. The van der Waals surface area contributed by atoms with E-state index in [1.165, 1.54) is 50.9 Å². The fraction of sp³-hybridized carbons (Fsp3) is 0.688. The highest BCUT2D eigenvalue weighted by atomic mass is 15.3. The second kappa shape index (κ2) is 5.59. The van der Waals surface area contributed by atoms with Gasteiger partial charge in [-0.3, -0.25) is 9.88 Å². The number of nitrogens with one attached hydrogen (secondary N) is 1. The van der Waals surface area contributed by atoms with Gasteiger partial charge in [-0.2, -0.15) is 0 Å². The minimum atomic E-state index is 0.406. The topological polar surface area (TPSA) is 28.2 Å². The van der Waals surface area contributed by atoms with Gasteiger partial charge in [0.25, 0.3) is 0 Å². The molecule has 2 aliphatic rings. The van der Waals surface area contributed by atoms with Crippen molar-refractivity contribution in [3.63, 3.8) is 0 Å². The standard InChI is InChI=1S/C16H25N3/c1-2-14-11-19(12-15-7-3-6-10-17-15)16(13-18-14)8-4-5-9-16/h3,6-7,10,14,18H,2,4-5,8-9,11-13H2,1H3. The van der Waals surface area contributed by atoms with E-state index in [0.29, 0.717) is 11.6 Å². The van der Waals surface area contributed by atoms with E-state index in [1.807, 2.05) is 12.3 Å². The van der Waals surface area contributed by atoms with E-state index in [0.717, 1.165) is 6.54 Å². The average molecular weight is 259 g/mol. The molecule has 3 heteroatoms. The maximum absolute atomic E-state index is 4.52. The van der Waals surface area contributed by atoms with Gasteiger partial charge in [-0.1, -0.05) is 25.8 Å². The Morgan fingerprint density at radius 1 is 1.37 bits per heavy atom. The van der Waals surface area contributed by atoms with Gasteiger partial charge in [0.1, 0.15) is 0 Å². The molecule has 3 rings (SSSR count). The van der Waals surface area contributed by atoms with Crippen LogP contribution in [0, 0.1) is 0 Å². The third kappa shape index (κ3) is 2.67. The molecule has 0 radical (unpaired) electrons. The Morgan fingerprint density at radius 3 is 2.89 bits per heavy atom. The maximum Gasteiger partial charge on any atom is 0.0544 e. The van der Waals surface area contributed by atoms with Gasteiger partial charge in [-0.15, -0.1) is 0 Å². The number of rotatable bonds is 3. The maximum atomic E-state index is 4.52. The van der Waals surface area contributed by atoms with E-state index in [2.05, 4.69) is 34.3 Å². The SMILES string of the molecule is CCC1CN(Cc2ccccn2)C2(CCCC2)CN1. The molecule has 2 heterocycles. The molecule has 1 saturated heterocycles. The van der Waals surface area contributed by atoms with Crippen LogP contribution in [0.3, 0.4) is 0 Å². The second-order valence-corrected chi connectivity index (χ2v) is 6.12. The number of pyridine rings is 1. The summed E-state index contributed by atoms with van der Waals surface area (Å²) in [5.41, 5.74) is 1.62. The summed E-state index contributed by atoms with van der Waals surface area (Å²) >= 11 is 0. The van der Waals surface area contributed by atoms with Crippen molar-refractivity contribution in [2.24, 2.45) is 0 Å². The fourth-order valence-electron chi connectivity index (χ4n) is 3.69. The van der Waals surface area contributed by atoms with Gasteiger partial charge in [0.2, 0.25) is 0 Å². The number of hydrogen-bond acceptors (Lipinski definition) is 3. The van der Waals surface area contributed by atoms with Crippen molar-refractivity contribution in [1.29, 1.82) is 0 Å². The Hall–Kier alpha value is -0.930. The summed E-state index contributed by atoms with van der Waals surface area (Å²) in [4.78, 5) is 7.23. The molecule has 19 heavy (non-hydrogen) atoms. The molecular formula is C16H25N3. The van der Waals surface area contributed by atoms with E-state index in [1.54, 1.807) is 0 Å². The molecule has 1 aliphatic heterocycles. The Balaban J connectivity index is 1.77. The predicted molar refractivity (Wildman–Crippen MR) is 77.9 cm³/mol. The molecule has 1 spiro atoms. The minimum Gasteiger partial charge on any atom is -0.311 e. The fourth-order valence-corrected chi connectivity index (χ4v) is 3.69. The number of nitrogens with zero attached hydrogens (tertiary/aromatic N) is 2. The lowest BCUT2D eigenvalue weighted by Gasteiger charge is -2.48. The smallest absolute Gasteiger partial charge is 0.0544 e. The van der Waals surface area contributed by atoms with Crippen LogP contribution in [-0.4, -0.2) is 34.6 Å². The molecule has 0 bridgehead atoms. The second-order valence-electron chi connectivity index (χ2n) is 6.12. The van der Waals surface area contributed by atoms with Crippen LogP contribution >= 0.6 is 0 Å². The summed E-state index contributed by atoms with van der Waals surface area (Å²) in [5, 5.41) is 3.76. The van der Waals surface area contributed by atoms with Gasteiger partial charge in [-0.25, -0.2) is 0 Å². The third-order valence-corrected chi connectivity index (χ3v) is 4.94. The summed E-state index contributed by atoms with van der Waals surface area (Å²) in [6, 6.07) is 6.91. The summed E-state index contributed by atoms with van der Waals surface area (Å²) < 4.78 is 0. The zero-order valence-electron chi connectivity index (χ0n) is 11.9. The highest BCUT2D eigenvalue weighted by Crippen LogP contribution is 2.37. The first-order valence-corrected chi connectivity index (χ1v) is 7.71. The molecular weight excluding hydrogens is 234 g/mol. The molecule has 1 aromatic rings. The van der Waals surface area contributed by atoms with Crippen LogP contribution in [0.5, 0.6) is 0 Å². The van der Waals surface area contributed by atoms with Crippen molar-refractivity contribution in [1.82, 2.24) is 15.2 Å². The van der Waals surface area contributed by atoms with Gasteiger partial charge in [0.05, 0.1) is 5.69 Å². The van der Waals surface area contributed by atoms with Crippen molar-refractivity contribution < 1.29 is 0 Å². The van der Waals surface area contributed by atoms with E-state index in [9.17, 15) is 0 Å². The molecule has 104 valence electrons. The third-order valence-electron chi connectivity index (χ3n) is 4.94. The molecule has 1 N–H and O–H groups in total. The number of hydrogen-bond donors (Lipinski definition) is 1. The van der Waals surface area contributed by atoms with Gasteiger partial charge >= 0.3 is 0 Å². The van der Waals surface area contributed by atoms with E-state index < -0.39 is 0 Å². The highest BCUT2D eigenvalue weighted by molar-refractivity contribution is 5.08. The molecule has 3 nitrogen and oxygen atoms in total. The lowest BCUT2D eigenvalue weighted by molar-refractivity contribution is 0.0339. The molecule has 1 atom stereocenters. The molecule has 1 aromatic heterocycles. The normalized spacial score (nSPS) is 26.9. The van der Waals surface area contributed by atoms with Crippen molar-refractivity contribution in [3.05, 3.63) is 30.1 Å². The van der Waals surface area contributed by atoms with Gasteiger partial charge in [-0.05, 0) is 31.4 Å². The van der Waals surface area contributed by atoms with Crippen molar-refractivity contribution in [3.8, 4) is 0 Å². The van der Waals surface area contributed by atoms with Crippen LogP contribution < -0.4 is 5.32 Å². The van der Waals surface area contributed by atoms with Crippen LogP contribution in [0.2, 0.25) is 0 Å². The van der Waals surface area contributed by atoms with E-state index in [4.69, 9.17) is 0 Å². The molecule has 1 saturated carbocycles. The van der Waals surface area contributed by atoms with Crippen molar-refractivity contribution in [2.45, 2.75) is 57.2 Å². The first kappa shape index (κ1) is 13.1. The molecule has 0 amide bonds. The van der Waals surface area contributed by atoms with E-state index in [-0.39, 0.29) is 0 Å². The Bertz CT molecular complexity index is 398. The zero-order chi connectivity index (χ0) is 13.1. The van der Waals surface area contributed by atoms with Gasteiger partial charge in [0, 0.05) is 37.4 Å². The van der Waals surface area contributed by atoms with Crippen LogP contribution in [0.25, 0.3) is 0 Å². The highest BCUT2D eigenvalue weighted by Gasteiger charge is 2.43. The monoisotopic (exact) mass is 259 g/mol. The first-order valence-electron chi connectivity index (χ1n) is 7.71. The summed E-state index contributed by atoms with van der Waals surface area (Å²) in [7, 11) is 0. The average Bonchev–Trinajstić information content (AvgIpc) is 2.92. The van der Waals surface area contributed by atoms with Crippen molar-refractivity contribution >= 4 is 0 Å². The molecule has 2 fully saturated rings. The van der Waals surface area contributed by atoms with Gasteiger partial charge < -0.3 is 5.32 Å². The van der Waals surface area contributed by atoms with Gasteiger partial charge in [0.15, 0.2) is 0 Å². The van der Waals surface area contributed by atoms with Crippen molar-refractivity contribution in [2.75, 3.05) is 13.1 Å². The summed E-state index contributed by atoms with van der Waals surface area (Å²) in [6.45, 7) is 5.63. The lowest BCUT2D eigenvalue weighted by Crippen LogP contribution is -2.63. The zero-order valence-corrected chi connectivity index (χ0v) is 11.9. The molecule has 1 aliphatic carbocycles. The summed E-state index contributed by atoms with van der Waals surface area (Å²) in [6.07, 6.45) is 8.60. The largest absolute Gasteiger partial charge is 0.311 e. The van der Waals surface area contributed by atoms with Crippen LogP contribution in [-0.2, 0) is 6.54 Å². The number of piperazine rings is 1. The summed E-state index contributed by atoms with van der Waals surface area (Å²) in [5.74, 6) is 0. The minimum absolute atomic E-state index is 0.406. The van der Waals surface area contributed by atoms with Crippen LogP contribution in [0.1, 0.15) is 44.7 Å². The lowest BCUT2D eigenvalue weighted by atomic mass is 9.90. The van der Waals surface area contributed by atoms with Crippen LogP contribution in [0.15, 0.2) is 24.4 Å². The molecule has 0 aromatic carbocycles. The number of aromatic nitrogens is 1. The Labute approximate surface area is 116 Å².